The highest BCUT2D eigenvalue weighted by molar-refractivity contribution is 7.21. The smallest absolute Gasteiger partial charge is 0.355 e. The lowest BCUT2D eigenvalue weighted by atomic mass is 10.1. The number of nitrogens with one attached hydrogen (secondary N) is 1. The Hall–Kier alpha value is -4.28. The topological polar surface area (TPSA) is 105 Å². The van der Waals surface area contributed by atoms with Gasteiger partial charge >= 0.3 is 5.97 Å². The number of hydrogen-bond donors (Lipinski definition) is 1. The minimum Gasteiger partial charge on any atom is -0.493 e. The van der Waals surface area contributed by atoms with Crippen LogP contribution in [0.15, 0.2) is 59.7 Å². The summed E-state index contributed by atoms with van der Waals surface area (Å²) >= 11 is 7.65. The Morgan fingerprint density at radius 2 is 1.55 bits per heavy atom. The summed E-state index contributed by atoms with van der Waals surface area (Å²) in [5.74, 6) is 0.491. The molecular weight excluding hydrogens is 532 g/mol. The van der Waals surface area contributed by atoms with Crippen molar-refractivity contribution in [2.45, 2.75) is 0 Å². The molecule has 196 valence electrons. The molecule has 9 nitrogen and oxygen atoms in total. The number of fused-ring (bicyclic) bond motifs is 1. The maximum Gasteiger partial charge on any atom is 0.355 e. The van der Waals surface area contributed by atoms with Gasteiger partial charge in [0.15, 0.2) is 23.0 Å². The molecule has 0 atom stereocenters. The second kappa shape index (κ2) is 11.8. The molecule has 0 bridgehead atoms. The largest absolute Gasteiger partial charge is 0.493 e. The number of halogens is 1. The van der Waals surface area contributed by atoms with Crippen LogP contribution >= 0.6 is 22.9 Å². The first kappa shape index (κ1) is 26.8. The molecule has 1 N–H and O–H groups in total. The number of carbonyl (C=O) groups excluding carboxylic acids is 2. The van der Waals surface area contributed by atoms with Crippen LogP contribution in [-0.2, 0) is 0 Å². The van der Waals surface area contributed by atoms with Crippen LogP contribution in [0.2, 0.25) is 5.02 Å². The van der Waals surface area contributed by atoms with Crippen molar-refractivity contribution in [2.24, 2.45) is 5.10 Å². The van der Waals surface area contributed by atoms with Gasteiger partial charge in [-0.1, -0.05) is 29.8 Å². The van der Waals surface area contributed by atoms with Gasteiger partial charge < -0.3 is 23.7 Å². The maximum absolute atomic E-state index is 12.8. The van der Waals surface area contributed by atoms with E-state index in [4.69, 9.17) is 35.3 Å². The third-order valence-corrected chi connectivity index (χ3v) is 7.07. The first-order valence-corrected chi connectivity index (χ1v) is 12.3. The summed E-state index contributed by atoms with van der Waals surface area (Å²) in [5.41, 5.74) is 3.30. The Labute approximate surface area is 227 Å². The number of rotatable bonds is 9. The van der Waals surface area contributed by atoms with E-state index in [0.717, 1.165) is 10.1 Å². The minimum atomic E-state index is -0.589. The molecule has 1 aromatic heterocycles. The van der Waals surface area contributed by atoms with E-state index < -0.39 is 11.9 Å². The van der Waals surface area contributed by atoms with Crippen LogP contribution in [0.5, 0.6) is 28.7 Å². The zero-order chi connectivity index (χ0) is 27.2. The fourth-order valence-electron chi connectivity index (χ4n) is 3.58. The van der Waals surface area contributed by atoms with E-state index in [9.17, 15) is 9.59 Å². The predicted octanol–water partition coefficient (Wildman–Crippen LogP) is 5.57. The monoisotopic (exact) mass is 554 g/mol. The highest BCUT2D eigenvalue weighted by Gasteiger charge is 2.21. The highest BCUT2D eigenvalue weighted by Crippen LogP contribution is 2.38. The maximum atomic E-state index is 12.8. The normalized spacial score (nSPS) is 10.9. The number of nitrogens with zero attached hydrogens (tertiary/aromatic N) is 1. The molecule has 0 spiro atoms. The van der Waals surface area contributed by atoms with E-state index in [1.807, 2.05) is 24.3 Å². The van der Waals surface area contributed by atoms with Crippen LogP contribution in [-0.4, -0.2) is 46.5 Å². The highest BCUT2D eigenvalue weighted by atomic mass is 35.5. The lowest BCUT2D eigenvalue weighted by Gasteiger charge is -2.13. The number of benzene rings is 3. The van der Waals surface area contributed by atoms with Crippen molar-refractivity contribution in [1.29, 1.82) is 0 Å². The van der Waals surface area contributed by atoms with Crippen molar-refractivity contribution in [2.75, 3.05) is 28.4 Å². The van der Waals surface area contributed by atoms with Crippen molar-refractivity contribution < 1.29 is 33.3 Å². The van der Waals surface area contributed by atoms with Gasteiger partial charge in [-0.15, -0.1) is 11.3 Å². The van der Waals surface area contributed by atoms with E-state index in [0.29, 0.717) is 38.5 Å². The Morgan fingerprint density at radius 3 is 2.18 bits per heavy atom. The second-order valence-electron chi connectivity index (χ2n) is 7.65. The Bertz CT molecular complexity index is 1510. The first-order valence-electron chi connectivity index (χ1n) is 11.1. The zero-order valence-corrected chi connectivity index (χ0v) is 22.4. The van der Waals surface area contributed by atoms with Crippen LogP contribution in [0.25, 0.3) is 10.1 Å². The van der Waals surface area contributed by atoms with Crippen molar-refractivity contribution in [3.05, 3.63) is 75.6 Å². The van der Waals surface area contributed by atoms with Gasteiger partial charge in [0.2, 0.25) is 5.75 Å². The molecule has 0 saturated heterocycles. The molecule has 3 aromatic carbocycles. The van der Waals surface area contributed by atoms with Crippen LogP contribution < -0.4 is 29.1 Å². The van der Waals surface area contributed by atoms with Crippen LogP contribution in [0.4, 0.5) is 0 Å². The standard InChI is InChI=1S/C27H23ClN2O7S/c1-33-19-11-15(14-29-30-26(31)16-12-20(34-2)24(36-4)21(13-16)35-3)9-10-18(19)37-27(32)25-23(28)17-7-5-6-8-22(17)38-25/h5-14H,1-4H3,(H,30,31)/b29-14+. The van der Waals surface area contributed by atoms with Crippen molar-refractivity contribution in [1.82, 2.24) is 5.43 Å². The summed E-state index contributed by atoms with van der Waals surface area (Å²) in [6.45, 7) is 0. The lowest BCUT2D eigenvalue weighted by molar-refractivity contribution is 0.0734. The molecular formula is C27H23ClN2O7S. The molecule has 11 heteroatoms. The van der Waals surface area contributed by atoms with Gasteiger partial charge in [-0.25, -0.2) is 10.2 Å². The molecule has 38 heavy (non-hydrogen) atoms. The van der Waals surface area contributed by atoms with Crippen LogP contribution in [0, 0.1) is 0 Å². The number of esters is 1. The molecule has 0 aliphatic rings. The molecule has 4 rings (SSSR count). The van der Waals surface area contributed by atoms with E-state index in [2.05, 4.69) is 10.5 Å². The molecule has 0 fully saturated rings. The van der Waals surface area contributed by atoms with Gasteiger partial charge in [-0.3, -0.25) is 4.79 Å². The molecule has 4 aromatic rings. The van der Waals surface area contributed by atoms with E-state index >= 15 is 0 Å². The summed E-state index contributed by atoms with van der Waals surface area (Å²) < 4.78 is 27.7. The zero-order valence-electron chi connectivity index (χ0n) is 20.9. The minimum absolute atomic E-state index is 0.213. The van der Waals surface area contributed by atoms with Gasteiger partial charge in [0.1, 0.15) is 4.88 Å². The Morgan fingerprint density at radius 1 is 0.868 bits per heavy atom. The van der Waals surface area contributed by atoms with Gasteiger partial charge in [0, 0.05) is 15.6 Å². The van der Waals surface area contributed by atoms with Crippen LogP contribution in [0.1, 0.15) is 25.6 Å². The Balaban J connectivity index is 1.47. The predicted molar refractivity (Wildman–Crippen MR) is 146 cm³/mol. The third kappa shape index (κ3) is 5.51. The molecule has 0 unspecified atom stereocenters. The summed E-state index contributed by atoms with van der Waals surface area (Å²) in [6, 6.07) is 15.3. The summed E-state index contributed by atoms with van der Waals surface area (Å²) in [7, 11) is 5.85. The van der Waals surface area contributed by atoms with Gasteiger partial charge in [0.25, 0.3) is 5.91 Å². The summed E-state index contributed by atoms with van der Waals surface area (Å²) in [4.78, 5) is 25.7. The molecule has 1 heterocycles. The number of thiophene rings is 1. The van der Waals surface area contributed by atoms with E-state index in [1.54, 1.807) is 18.2 Å². The fraction of sp³-hybridized carbons (Fsp3) is 0.148. The summed E-state index contributed by atoms with van der Waals surface area (Å²) in [6.07, 6.45) is 1.42. The second-order valence-corrected chi connectivity index (χ2v) is 9.08. The van der Waals surface area contributed by atoms with Gasteiger partial charge in [-0.2, -0.15) is 5.10 Å². The molecule has 0 aliphatic heterocycles. The average Bonchev–Trinajstić information content (AvgIpc) is 3.29. The Kier molecular flexibility index (Phi) is 8.35. The van der Waals surface area contributed by atoms with E-state index in [1.165, 1.54) is 58.1 Å². The van der Waals surface area contributed by atoms with Crippen LogP contribution in [0.3, 0.4) is 0 Å². The SMILES string of the molecule is COc1cc(/C=N/NC(=O)c2cc(OC)c(OC)c(OC)c2)ccc1OC(=O)c1sc2ccccc2c1Cl. The quantitative estimate of drug-likeness (QED) is 0.125. The van der Waals surface area contributed by atoms with Crippen molar-refractivity contribution in [3.8, 4) is 28.7 Å². The molecule has 0 aliphatic carbocycles. The van der Waals surface area contributed by atoms with Gasteiger partial charge in [0.05, 0.1) is 39.7 Å². The number of hydrogen-bond acceptors (Lipinski definition) is 9. The summed E-state index contributed by atoms with van der Waals surface area (Å²) in [5, 5.41) is 5.14. The molecule has 0 radical (unpaired) electrons. The number of ether oxygens (including phenoxy) is 5. The fourth-order valence-corrected chi connectivity index (χ4v) is 4.97. The lowest BCUT2D eigenvalue weighted by Crippen LogP contribution is -2.18. The van der Waals surface area contributed by atoms with Crippen molar-refractivity contribution >= 4 is 51.1 Å². The molecule has 0 saturated carbocycles. The number of amides is 1. The number of carbonyl (C=O) groups is 2. The molecule has 1 amide bonds. The van der Waals surface area contributed by atoms with Gasteiger partial charge in [-0.05, 0) is 42.0 Å². The average molecular weight is 555 g/mol. The third-order valence-electron chi connectivity index (χ3n) is 5.42. The first-order chi connectivity index (χ1) is 18.4. The number of hydrazone groups is 1. The number of methoxy groups -OCH3 is 4. The van der Waals surface area contributed by atoms with Crippen molar-refractivity contribution in [3.63, 3.8) is 0 Å². The van der Waals surface area contributed by atoms with E-state index in [-0.39, 0.29) is 11.3 Å².